The second kappa shape index (κ2) is 4.28. The van der Waals surface area contributed by atoms with Crippen LogP contribution in [0.3, 0.4) is 0 Å². The van der Waals surface area contributed by atoms with Gasteiger partial charge in [0.2, 0.25) is 0 Å². The van der Waals surface area contributed by atoms with Gasteiger partial charge in [0.1, 0.15) is 11.3 Å². The molecular weight excluding hydrogens is 226 g/mol. The highest BCUT2D eigenvalue weighted by Crippen LogP contribution is 2.22. The highest BCUT2D eigenvalue weighted by molar-refractivity contribution is 6.32. The van der Waals surface area contributed by atoms with E-state index in [0.717, 1.165) is 5.56 Å². The molecule has 0 amide bonds. The molecule has 2 rings (SSSR count). The van der Waals surface area contributed by atoms with Gasteiger partial charge in [-0.15, -0.1) is 0 Å². The lowest BCUT2D eigenvalue weighted by molar-refractivity contribution is 0.537. The van der Waals surface area contributed by atoms with Crippen LogP contribution >= 0.6 is 11.6 Å². The number of halogens is 1. The molecule has 0 unspecified atom stereocenters. The number of hydrogen-bond acceptors (Lipinski definition) is 3. The lowest BCUT2D eigenvalue weighted by Gasteiger charge is -2.03. The zero-order valence-electron chi connectivity index (χ0n) is 8.92. The molecular formula is C12H12ClNO2. The molecule has 0 aliphatic rings. The van der Waals surface area contributed by atoms with E-state index >= 15 is 0 Å². The smallest absolute Gasteiger partial charge is 0.193 e. The van der Waals surface area contributed by atoms with Crippen LogP contribution in [0.15, 0.2) is 27.4 Å². The van der Waals surface area contributed by atoms with E-state index in [4.69, 9.17) is 21.8 Å². The van der Waals surface area contributed by atoms with Crippen LogP contribution in [0.25, 0.3) is 11.0 Å². The maximum absolute atomic E-state index is 11.8. The van der Waals surface area contributed by atoms with Gasteiger partial charge in [-0.05, 0) is 31.2 Å². The van der Waals surface area contributed by atoms with Crippen LogP contribution < -0.4 is 11.2 Å². The molecule has 0 bridgehead atoms. The lowest BCUT2D eigenvalue weighted by atomic mass is 10.1. The molecule has 1 aromatic carbocycles. The molecule has 84 valence electrons. The second-order valence-electron chi connectivity index (χ2n) is 3.71. The van der Waals surface area contributed by atoms with Gasteiger partial charge < -0.3 is 10.2 Å². The van der Waals surface area contributed by atoms with Gasteiger partial charge in [0.25, 0.3) is 0 Å². The predicted molar refractivity (Wildman–Crippen MR) is 65.0 cm³/mol. The number of rotatable bonds is 2. The summed E-state index contributed by atoms with van der Waals surface area (Å²) in [6.07, 6.45) is 0.562. The standard InChI is InChI=1S/C12H12ClNO2/c1-7-4-12-9(6-10(7)13)11(15)5-8(16-12)2-3-14/h4-6H,2-3,14H2,1H3. The average molecular weight is 238 g/mol. The van der Waals surface area contributed by atoms with Crippen LogP contribution in [0.1, 0.15) is 11.3 Å². The zero-order valence-corrected chi connectivity index (χ0v) is 9.67. The van der Waals surface area contributed by atoms with Crippen molar-refractivity contribution in [1.82, 2.24) is 0 Å². The Morgan fingerprint density at radius 3 is 2.81 bits per heavy atom. The van der Waals surface area contributed by atoms with E-state index in [9.17, 15) is 4.79 Å². The summed E-state index contributed by atoms with van der Waals surface area (Å²) in [5.74, 6) is 0.613. The zero-order chi connectivity index (χ0) is 11.7. The van der Waals surface area contributed by atoms with Crippen LogP contribution in [0.4, 0.5) is 0 Å². The third kappa shape index (κ3) is 1.96. The fraction of sp³-hybridized carbons (Fsp3) is 0.250. The molecule has 0 radical (unpaired) electrons. The minimum absolute atomic E-state index is 0.0772. The van der Waals surface area contributed by atoms with Crippen molar-refractivity contribution in [1.29, 1.82) is 0 Å². The van der Waals surface area contributed by atoms with Crippen LogP contribution in [0.5, 0.6) is 0 Å². The Hall–Kier alpha value is -1.32. The summed E-state index contributed by atoms with van der Waals surface area (Å²) in [4.78, 5) is 11.8. The van der Waals surface area contributed by atoms with Crippen molar-refractivity contribution in [3.8, 4) is 0 Å². The highest BCUT2D eigenvalue weighted by Gasteiger charge is 2.07. The molecule has 2 aromatic rings. The maximum Gasteiger partial charge on any atom is 0.193 e. The van der Waals surface area contributed by atoms with Gasteiger partial charge in [-0.25, -0.2) is 0 Å². The number of benzene rings is 1. The average Bonchev–Trinajstić information content (AvgIpc) is 2.22. The first kappa shape index (κ1) is 11.2. The van der Waals surface area contributed by atoms with E-state index in [1.165, 1.54) is 6.07 Å². The molecule has 3 nitrogen and oxygen atoms in total. The monoisotopic (exact) mass is 237 g/mol. The van der Waals surface area contributed by atoms with E-state index in [2.05, 4.69) is 0 Å². The van der Waals surface area contributed by atoms with E-state index in [1.54, 1.807) is 12.1 Å². The lowest BCUT2D eigenvalue weighted by Crippen LogP contribution is -2.07. The third-order valence-corrected chi connectivity index (χ3v) is 2.86. The van der Waals surface area contributed by atoms with Gasteiger partial charge in [-0.1, -0.05) is 11.6 Å². The molecule has 0 fully saturated rings. The van der Waals surface area contributed by atoms with Gasteiger partial charge in [0.05, 0.1) is 5.39 Å². The third-order valence-electron chi connectivity index (χ3n) is 2.45. The van der Waals surface area contributed by atoms with Crippen LogP contribution in [0.2, 0.25) is 5.02 Å². The van der Waals surface area contributed by atoms with E-state index in [0.29, 0.717) is 34.7 Å². The first-order valence-electron chi connectivity index (χ1n) is 5.05. The van der Waals surface area contributed by atoms with Crippen molar-refractivity contribution < 1.29 is 4.42 Å². The SMILES string of the molecule is Cc1cc2oc(CCN)cc(=O)c2cc1Cl. The first-order chi connectivity index (χ1) is 7.61. The van der Waals surface area contributed by atoms with Gasteiger partial charge in [-0.2, -0.15) is 0 Å². The Morgan fingerprint density at radius 1 is 1.38 bits per heavy atom. The van der Waals surface area contributed by atoms with Crippen LogP contribution in [0, 0.1) is 6.92 Å². The van der Waals surface area contributed by atoms with Crippen molar-refractivity contribution in [3.05, 3.63) is 44.8 Å². The van der Waals surface area contributed by atoms with Gasteiger partial charge >= 0.3 is 0 Å². The minimum Gasteiger partial charge on any atom is -0.461 e. The molecule has 0 aliphatic heterocycles. The molecule has 16 heavy (non-hydrogen) atoms. The Bertz CT molecular complexity index is 589. The van der Waals surface area contributed by atoms with Crippen LogP contribution in [-0.2, 0) is 6.42 Å². The summed E-state index contributed by atoms with van der Waals surface area (Å²) >= 11 is 5.96. The Kier molecular flexibility index (Phi) is 2.99. The quantitative estimate of drug-likeness (QED) is 0.872. The Morgan fingerprint density at radius 2 is 2.12 bits per heavy atom. The first-order valence-corrected chi connectivity index (χ1v) is 5.42. The van der Waals surface area contributed by atoms with E-state index in [1.807, 2.05) is 6.92 Å². The fourth-order valence-corrected chi connectivity index (χ4v) is 1.76. The van der Waals surface area contributed by atoms with Gasteiger partial charge in [0, 0.05) is 17.5 Å². The Labute approximate surface area is 97.8 Å². The van der Waals surface area contributed by atoms with Gasteiger partial charge in [0.15, 0.2) is 5.43 Å². The van der Waals surface area contributed by atoms with E-state index in [-0.39, 0.29) is 5.43 Å². The number of nitrogens with two attached hydrogens (primary N) is 1. The second-order valence-corrected chi connectivity index (χ2v) is 4.12. The van der Waals surface area contributed by atoms with Crippen molar-refractivity contribution in [2.45, 2.75) is 13.3 Å². The molecule has 4 heteroatoms. The van der Waals surface area contributed by atoms with E-state index < -0.39 is 0 Å². The summed E-state index contributed by atoms with van der Waals surface area (Å²) in [6, 6.07) is 4.89. The van der Waals surface area contributed by atoms with Crippen molar-refractivity contribution in [2.24, 2.45) is 5.73 Å². The fourth-order valence-electron chi connectivity index (χ4n) is 1.59. The molecule has 2 N–H and O–H groups in total. The molecule has 1 heterocycles. The number of aryl methyl sites for hydroxylation is 1. The molecule has 0 saturated heterocycles. The molecule has 0 spiro atoms. The molecule has 0 saturated carbocycles. The molecule has 0 aliphatic carbocycles. The maximum atomic E-state index is 11.8. The summed E-state index contributed by atoms with van der Waals surface area (Å²) in [5, 5.41) is 1.09. The largest absolute Gasteiger partial charge is 0.461 e. The van der Waals surface area contributed by atoms with Crippen molar-refractivity contribution in [2.75, 3.05) is 6.54 Å². The highest BCUT2D eigenvalue weighted by atomic mass is 35.5. The molecule has 0 atom stereocenters. The normalized spacial score (nSPS) is 10.9. The summed E-state index contributed by atoms with van der Waals surface area (Å²) in [6.45, 7) is 2.33. The van der Waals surface area contributed by atoms with Gasteiger partial charge in [-0.3, -0.25) is 4.79 Å². The number of hydrogen-bond donors (Lipinski definition) is 1. The number of fused-ring (bicyclic) bond motifs is 1. The predicted octanol–water partition coefficient (Wildman–Crippen LogP) is 2.26. The van der Waals surface area contributed by atoms with Crippen molar-refractivity contribution in [3.63, 3.8) is 0 Å². The van der Waals surface area contributed by atoms with Crippen LogP contribution in [-0.4, -0.2) is 6.54 Å². The molecule has 1 aromatic heterocycles. The minimum atomic E-state index is -0.0772. The summed E-state index contributed by atoms with van der Waals surface area (Å²) in [5.41, 5.74) is 6.81. The summed E-state index contributed by atoms with van der Waals surface area (Å²) < 4.78 is 5.58. The van der Waals surface area contributed by atoms with Crippen molar-refractivity contribution >= 4 is 22.6 Å². The topological polar surface area (TPSA) is 56.2 Å². The summed E-state index contributed by atoms with van der Waals surface area (Å²) in [7, 11) is 0. The Balaban J connectivity index is 2.72.